The Bertz CT molecular complexity index is 1070. The van der Waals surface area contributed by atoms with Gasteiger partial charge < -0.3 is 5.73 Å². The lowest BCUT2D eigenvalue weighted by Crippen LogP contribution is -2.30. The second kappa shape index (κ2) is 8.59. The average Bonchev–Trinajstić information content (AvgIpc) is 3.29. The van der Waals surface area contributed by atoms with Crippen LogP contribution >= 0.6 is 11.3 Å². The van der Waals surface area contributed by atoms with Gasteiger partial charge in [0.05, 0.1) is 23.2 Å². The standard InChI is InChI=1S/C23H21N3O3S/c24-20(27)13-21-25-19(14-30-21)16-10-8-15(9-11-16)5-3-4-12-26-22(28)17-6-1-2-7-18(17)23(26)29/h1-2,6-11,14H,3-5,12-13H2,(H2,24,27). The molecule has 3 amide bonds. The van der Waals surface area contributed by atoms with E-state index in [9.17, 15) is 14.4 Å². The molecule has 3 aromatic rings. The molecular weight excluding hydrogens is 398 g/mol. The Morgan fingerprint density at radius 3 is 2.27 bits per heavy atom. The van der Waals surface area contributed by atoms with Crippen LogP contribution in [-0.4, -0.2) is 34.2 Å². The molecule has 0 atom stereocenters. The lowest BCUT2D eigenvalue weighted by molar-refractivity contribution is -0.117. The van der Waals surface area contributed by atoms with Crippen molar-refractivity contribution in [3.8, 4) is 11.3 Å². The molecule has 1 aromatic heterocycles. The third kappa shape index (κ3) is 4.16. The quantitative estimate of drug-likeness (QED) is 0.447. The molecule has 0 bridgehead atoms. The number of imide groups is 1. The fraction of sp³-hybridized carbons (Fsp3) is 0.217. The average molecular weight is 420 g/mol. The summed E-state index contributed by atoms with van der Waals surface area (Å²) in [4.78, 5) is 41.6. The van der Waals surface area contributed by atoms with Gasteiger partial charge in [0.2, 0.25) is 5.91 Å². The molecule has 2 heterocycles. The van der Waals surface area contributed by atoms with Crippen LogP contribution in [0.15, 0.2) is 53.9 Å². The number of hydrogen-bond acceptors (Lipinski definition) is 5. The molecule has 30 heavy (non-hydrogen) atoms. The number of aromatic nitrogens is 1. The summed E-state index contributed by atoms with van der Waals surface area (Å²) in [5.74, 6) is -0.773. The van der Waals surface area contributed by atoms with E-state index >= 15 is 0 Å². The molecule has 152 valence electrons. The van der Waals surface area contributed by atoms with Gasteiger partial charge in [0.25, 0.3) is 11.8 Å². The normalized spacial score (nSPS) is 13.0. The Kier molecular flexibility index (Phi) is 5.72. The maximum atomic E-state index is 12.4. The van der Waals surface area contributed by atoms with E-state index in [0.29, 0.717) is 17.7 Å². The van der Waals surface area contributed by atoms with Crippen molar-refractivity contribution < 1.29 is 14.4 Å². The summed E-state index contributed by atoms with van der Waals surface area (Å²) in [7, 11) is 0. The molecule has 6 nitrogen and oxygen atoms in total. The zero-order chi connectivity index (χ0) is 21.1. The number of aryl methyl sites for hydroxylation is 1. The molecule has 2 aromatic carbocycles. The summed E-state index contributed by atoms with van der Waals surface area (Å²) in [6, 6.07) is 15.1. The lowest BCUT2D eigenvalue weighted by Gasteiger charge is -2.13. The molecule has 0 unspecified atom stereocenters. The molecule has 0 fully saturated rings. The number of primary amides is 1. The Morgan fingerprint density at radius 1 is 0.967 bits per heavy atom. The number of carbonyl (C=O) groups is 3. The predicted molar refractivity (Wildman–Crippen MR) is 115 cm³/mol. The van der Waals surface area contributed by atoms with E-state index in [4.69, 9.17) is 5.73 Å². The summed E-state index contributed by atoms with van der Waals surface area (Å²) in [6.07, 6.45) is 2.67. The molecule has 7 heteroatoms. The lowest BCUT2D eigenvalue weighted by atomic mass is 10.0. The van der Waals surface area contributed by atoms with Gasteiger partial charge in [-0.25, -0.2) is 4.98 Å². The SMILES string of the molecule is NC(=O)Cc1nc(-c2ccc(CCCCN3C(=O)c4ccccc4C3=O)cc2)cs1. The minimum atomic E-state index is -0.382. The number of thiazole rings is 1. The van der Waals surface area contributed by atoms with Gasteiger partial charge in [-0.2, -0.15) is 0 Å². The maximum Gasteiger partial charge on any atom is 0.261 e. The van der Waals surface area contributed by atoms with Crippen LogP contribution in [0.25, 0.3) is 11.3 Å². The van der Waals surface area contributed by atoms with Gasteiger partial charge in [0, 0.05) is 17.5 Å². The number of nitrogens with two attached hydrogens (primary N) is 1. The van der Waals surface area contributed by atoms with Crippen molar-refractivity contribution >= 4 is 29.1 Å². The molecule has 0 saturated carbocycles. The largest absolute Gasteiger partial charge is 0.369 e. The summed E-state index contributed by atoms with van der Waals surface area (Å²) in [5.41, 5.74) is 9.24. The van der Waals surface area contributed by atoms with Crippen LogP contribution in [0.5, 0.6) is 0 Å². The van der Waals surface area contributed by atoms with Crippen molar-refractivity contribution in [1.82, 2.24) is 9.88 Å². The van der Waals surface area contributed by atoms with Gasteiger partial charge in [-0.3, -0.25) is 19.3 Å². The number of fused-ring (bicyclic) bond motifs is 1. The molecule has 4 rings (SSSR count). The first kappa shape index (κ1) is 20.0. The molecule has 1 aliphatic rings. The number of amides is 3. The fourth-order valence-corrected chi connectivity index (χ4v) is 4.37. The van der Waals surface area contributed by atoms with E-state index in [2.05, 4.69) is 17.1 Å². The molecule has 1 aliphatic heterocycles. The van der Waals surface area contributed by atoms with Crippen molar-refractivity contribution in [2.45, 2.75) is 25.7 Å². The van der Waals surface area contributed by atoms with Crippen LogP contribution in [0, 0.1) is 0 Å². The minimum absolute atomic E-state index is 0.163. The van der Waals surface area contributed by atoms with Gasteiger partial charge in [-0.1, -0.05) is 36.4 Å². The number of carbonyl (C=O) groups excluding carboxylic acids is 3. The van der Waals surface area contributed by atoms with E-state index in [1.807, 2.05) is 17.5 Å². The van der Waals surface area contributed by atoms with E-state index in [1.54, 1.807) is 24.3 Å². The van der Waals surface area contributed by atoms with E-state index in [1.165, 1.54) is 21.8 Å². The molecule has 0 spiro atoms. The monoisotopic (exact) mass is 419 g/mol. The Hall–Kier alpha value is -3.32. The van der Waals surface area contributed by atoms with Crippen molar-refractivity contribution in [3.63, 3.8) is 0 Å². The van der Waals surface area contributed by atoms with Crippen molar-refractivity contribution in [3.05, 3.63) is 75.6 Å². The van der Waals surface area contributed by atoms with E-state index < -0.39 is 0 Å². The Labute approximate surface area is 178 Å². The van der Waals surface area contributed by atoms with Crippen molar-refractivity contribution in [1.29, 1.82) is 0 Å². The summed E-state index contributed by atoms with van der Waals surface area (Å²) in [5, 5.41) is 2.64. The number of hydrogen-bond donors (Lipinski definition) is 1. The number of rotatable bonds is 8. The number of unbranched alkanes of at least 4 members (excludes halogenated alkanes) is 1. The van der Waals surface area contributed by atoms with Gasteiger partial charge in [0.1, 0.15) is 5.01 Å². The van der Waals surface area contributed by atoms with Crippen molar-refractivity contribution in [2.75, 3.05) is 6.54 Å². The first-order valence-electron chi connectivity index (χ1n) is 9.80. The Balaban J connectivity index is 1.28. The first-order valence-corrected chi connectivity index (χ1v) is 10.7. The second-order valence-electron chi connectivity index (χ2n) is 7.23. The van der Waals surface area contributed by atoms with Crippen LogP contribution in [0.2, 0.25) is 0 Å². The van der Waals surface area contributed by atoms with Gasteiger partial charge >= 0.3 is 0 Å². The van der Waals surface area contributed by atoms with Gasteiger partial charge in [-0.05, 0) is 37.0 Å². The summed E-state index contributed by atoms with van der Waals surface area (Å²) >= 11 is 1.43. The van der Waals surface area contributed by atoms with E-state index in [0.717, 1.165) is 35.5 Å². The smallest absolute Gasteiger partial charge is 0.261 e. The second-order valence-corrected chi connectivity index (χ2v) is 8.17. The maximum absolute atomic E-state index is 12.4. The number of benzene rings is 2. The third-order valence-electron chi connectivity index (χ3n) is 5.10. The molecule has 2 N–H and O–H groups in total. The summed E-state index contributed by atoms with van der Waals surface area (Å²) in [6.45, 7) is 0.436. The Morgan fingerprint density at radius 2 is 1.63 bits per heavy atom. The van der Waals surface area contributed by atoms with E-state index in [-0.39, 0.29) is 24.1 Å². The van der Waals surface area contributed by atoms with Crippen molar-refractivity contribution in [2.24, 2.45) is 5.73 Å². The van der Waals surface area contributed by atoms with Crippen LogP contribution in [-0.2, 0) is 17.6 Å². The van der Waals surface area contributed by atoms with Crippen LogP contribution in [0.1, 0.15) is 44.1 Å². The number of nitrogens with zero attached hydrogens (tertiary/aromatic N) is 2. The molecule has 0 saturated heterocycles. The van der Waals surface area contributed by atoms with Crippen LogP contribution < -0.4 is 5.73 Å². The predicted octanol–water partition coefficient (Wildman–Crippen LogP) is 3.46. The highest BCUT2D eigenvalue weighted by atomic mass is 32.1. The first-order chi connectivity index (χ1) is 14.5. The minimum Gasteiger partial charge on any atom is -0.369 e. The topological polar surface area (TPSA) is 93.4 Å². The highest BCUT2D eigenvalue weighted by Crippen LogP contribution is 2.24. The fourth-order valence-electron chi connectivity index (χ4n) is 3.56. The third-order valence-corrected chi connectivity index (χ3v) is 5.95. The zero-order valence-corrected chi connectivity index (χ0v) is 17.2. The highest BCUT2D eigenvalue weighted by Gasteiger charge is 2.34. The van der Waals surface area contributed by atoms with Gasteiger partial charge in [0.15, 0.2) is 0 Å². The molecule has 0 aliphatic carbocycles. The molecule has 0 radical (unpaired) electrons. The highest BCUT2D eigenvalue weighted by molar-refractivity contribution is 7.10. The van der Waals surface area contributed by atoms with Crippen LogP contribution in [0.4, 0.5) is 0 Å². The summed E-state index contributed by atoms with van der Waals surface area (Å²) < 4.78 is 0. The zero-order valence-electron chi connectivity index (χ0n) is 16.3. The van der Waals surface area contributed by atoms with Gasteiger partial charge in [-0.15, -0.1) is 11.3 Å². The van der Waals surface area contributed by atoms with Crippen LogP contribution in [0.3, 0.4) is 0 Å². The molecular formula is C23H21N3O3S.